The lowest BCUT2D eigenvalue weighted by atomic mass is 10.2. The summed E-state index contributed by atoms with van der Waals surface area (Å²) in [7, 11) is 0. The molecular weight excluding hydrogens is 316 g/mol. The topological polar surface area (TPSA) is 77.1 Å². The predicted molar refractivity (Wildman–Crippen MR) is 88.8 cm³/mol. The molecule has 0 radical (unpaired) electrons. The molecule has 0 amide bonds. The van der Waals surface area contributed by atoms with E-state index in [4.69, 9.17) is 0 Å². The second-order valence-corrected chi connectivity index (χ2v) is 6.74. The third-order valence-corrected chi connectivity index (χ3v) is 4.90. The van der Waals surface area contributed by atoms with Gasteiger partial charge in [0.1, 0.15) is 6.07 Å². The van der Waals surface area contributed by atoms with Crippen LogP contribution < -0.4 is 0 Å². The fourth-order valence-corrected chi connectivity index (χ4v) is 3.83. The minimum atomic E-state index is -0.212. The summed E-state index contributed by atoms with van der Waals surface area (Å²) in [5.41, 5.74) is 1.55. The molecule has 0 fully saturated rings. The number of phenols is 2. The lowest BCUT2D eigenvalue weighted by Gasteiger charge is -1.99. The van der Waals surface area contributed by atoms with Crippen molar-refractivity contribution in [3.63, 3.8) is 0 Å². The minimum Gasteiger partial charge on any atom is -0.504 e. The van der Waals surface area contributed by atoms with Crippen LogP contribution in [0.4, 0.5) is 0 Å². The molecule has 0 bridgehead atoms. The van der Waals surface area contributed by atoms with Crippen LogP contribution in [-0.2, 0) is 0 Å². The number of nitrogens with zero attached hydrogens (tertiary/aromatic N) is 2. The van der Waals surface area contributed by atoms with Gasteiger partial charge >= 0.3 is 0 Å². The maximum Gasteiger partial charge on any atom is 0.157 e. The van der Waals surface area contributed by atoms with Crippen molar-refractivity contribution in [2.45, 2.75) is 4.34 Å². The van der Waals surface area contributed by atoms with Gasteiger partial charge in [-0.25, -0.2) is 4.98 Å². The molecule has 108 valence electrons. The van der Waals surface area contributed by atoms with Crippen molar-refractivity contribution in [3.8, 4) is 17.6 Å². The van der Waals surface area contributed by atoms with E-state index in [0.29, 0.717) is 10.5 Å². The first-order chi connectivity index (χ1) is 10.7. The molecule has 0 atom stereocenters. The van der Waals surface area contributed by atoms with Gasteiger partial charge in [-0.05, 0) is 47.7 Å². The van der Waals surface area contributed by atoms with Crippen LogP contribution >= 0.6 is 23.1 Å². The van der Waals surface area contributed by atoms with E-state index in [9.17, 15) is 15.5 Å². The summed E-state index contributed by atoms with van der Waals surface area (Å²) in [6.45, 7) is 0. The molecule has 3 aromatic rings. The molecule has 3 rings (SSSR count). The van der Waals surface area contributed by atoms with Crippen molar-refractivity contribution in [2.24, 2.45) is 0 Å². The van der Waals surface area contributed by atoms with Crippen molar-refractivity contribution >= 4 is 39.4 Å². The van der Waals surface area contributed by atoms with Crippen molar-refractivity contribution < 1.29 is 10.2 Å². The van der Waals surface area contributed by atoms with Gasteiger partial charge in [0.25, 0.3) is 0 Å². The number of aromatic hydroxyl groups is 2. The van der Waals surface area contributed by atoms with Crippen LogP contribution in [0.5, 0.6) is 11.5 Å². The first kappa shape index (κ1) is 14.4. The van der Waals surface area contributed by atoms with Crippen LogP contribution in [-0.4, -0.2) is 15.2 Å². The highest BCUT2D eigenvalue weighted by Crippen LogP contribution is 2.35. The van der Waals surface area contributed by atoms with Crippen molar-refractivity contribution in [2.75, 3.05) is 0 Å². The molecular formula is C16H10N2O2S2. The molecule has 0 spiro atoms. The highest BCUT2D eigenvalue weighted by Gasteiger charge is 2.08. The molecule has 4 nitrogen and oxygen atoms in total. The molecule has 0 saturated heterocycles. The number of hydrogen-bond acceptors (Lipinski definition) is 6. The number of para-hydroxylation sites is 1. The summed E-state index contributed by atoms with van der Waals surface area (Å²) in [6, 6.07) is 14.4. The van der Waals surface area contributed by atoms with Gasteiger partial charge in [0.15, 0.2) is 15.8 Å². The highest BCUT2D eigenvalue weighted by molar-refractivity contribution is 8.05. The van der Waals surface area contributed by atoms with Crippen molar-refractivity contribution in [3.05, 3.63) is 52.9 Å². The first-order valence-electron chi connectivity index (χ1n) is 6.33. The Labute approximate surface area is 135 Å². The summed E-state index contributed by atoms with van der Waals surface area (Å²) < 4.78 is 1.86. The Kier molecular flexibility index (Phi) is 4.00. The smallest absolute Gasteiger partial charge is 0.157 e. The third-order valence-electron chi connectivity index (χ3n) is 2.88. The molecule has 22 heavy (non-hydrogen) atoms. The number of thiazole rings is 1. The Morgan fingerprint density at radius 2 is 2.00 bits per heavy atom. The minimum absolute atomic E-state index is 0.186. The van der Waals surface area contributed by atoms with E-state index in [1.165, 1.54) is 35.2 Å². The summed E-state index contributed by atoms with van der Waals surface area (Å²) in [5.74, 6) is -0.398. The average molecular weight is 326 g/mol. The molecule has 0 saturated carbocycles. The number of aromatic nitrogens is 1. The summed E-state index contributed by atoms with van der Waals surface area (Å²) in [4.78, 5) is 4.94. The monoisotopic (exact) mass is 326 g/mol. The molecule has 6 heteroatoms. The number of benzene rings is 2. The number of hydrogen-bond donors (Lipinski definition) is 2. The number of nitriles is 1. The van der Waals surface area contributed by atoms with E-state index < -0.39 is 0 Å². The Balaban J connectivity index is 1.89. The fourth-order valence-electron chi connectivity index (χ4n) is 1.85. The van der Waals surface area contributed by atoms with Gasteiger partial charge < -0.3 is 10.2 Å². The summed E-state index contributed by atoms with van der Waals surface area (Å²) in [5, 5.41) is 28.1. The van der Waals surface area contributed by atoms with Gasteiger partial charge in [-0.1, -0.05) is 18.2 Å². The van der Waals surface area contributed by atoms with Gasteiger partial charge in [-0.3, -0.25) is 0 Å². The Bertz CT molecular complexity index is 877. The van der Waals surface area contributed by atoms with Crippen LogP contribution in [0.1, 0.15) is 5.56 Å². The SMILES string of the molecule is N#C/C(=C\c1ccc(O)c(O)c1)Sc1nc2ccccc2s1. The Morgan fingerprint density at radius 1 is 1.18 bits per heavy atom. The van der Waals surface area contributed by atoms with E-state index >= 15 is 0 Å². The molecule has 0 aliphatic rings. The molecule has 1 aromatic heterocycles. The van der Waals surface area contributed by atoms with Gasteiger partial charge in [0.2, 0.25) is 0 Å². The molecule has 2 N–H and O–H groups in total. The number of allylic oxidation sites excluding steroid dienone is 1. The fraction of sp³-hybridized carbons (Fsp3) is 0. The van der Waals surface area contributed by atoms with Crippen LogP contribution in [0.25, 0.3) is 16.3 Å². The van der Waals surface area contributed by atoms with Crippen LogP contribution in [0.15, 0.2) is 51.7 Å². The number of rotatable bonds is 3. The second-order valence-electron chi connectivity index (χ2n) is 4.42. The first-order valence-corrected chi connectivity index (χ1v) is 7.96. The predicted octanol–water partition coefficient (Wildman–Crippen LogP) is 4.36. The van der Waals surface area contributed by atoms with E-state index in [1.54, 1.807) is 12.1 Å². The zero-order valence-electron chi connectivity index (χ0n) is 11.2. The quantitative estimate of drug-likeness (QED) is 0.425. The maximum absolute atomic E-state index is 9.49. The van der Waals surface area contributed by atoms with Crippen molar-refractivity contribution in [1.82, 2.24) is 4.98 Å². The Morgan fingerprint density at radius 3 is 2.73 bits per heavy atom. The molecule has 1 heterocycles. The zero-order chi connectivity index (χ0) is 15.5. The van der Waals surface area contributed by atoms with E-state index in [-0.39, 0.29) is 11.5 Å². The van der Waals surface area contributed by atoms with E-state index in [2.05, 4.69) is 11.1 Å². The number of phenolic OH excluding ortho intramolecular Hbond substituents is 2. The zero-order valence-corrected chi connectivity index (χ0v) is 12.9. The van der Waals surface area contributed by atoms with Gasteiger partial charge in [-0.15, -0.1) is 11.3 Å². The molecule has 0 aliphatic carbocycles. The third kappa shape index (κ3) is 3.06. The van der Waals surface area contributed by atoms with Crippen LogP contribution in [0.3, 0.4) is 0 Å². The average Bonchev–Trinajstić information content (AvgIpc) is 2.92. The second kappa shape index (κ2) is 6.10. The Hall–Kier alpha value is -2.49. The normalized spacial score (nSPS) is 11.5. The number of fused-ring (bicyclic) bond motifs is 1. The van der Waals surface area contributed by atoms with Crippen LogP contribution in [0, 0.1) is 11.3 Å². The molecule has 0 aliphatic heterocycles. The maximum atomic E-state index is 9.49. The van der Waals surface area contributed by atoms with Gasteiger partial charge in [0.05, 0.1) is 15.1 Å². The molecule has 2 aromatic carbocycles. The molecule has 0 unspecified atom stereocenters. The van der Waals surface area contributed by atoms with Gasteiger partial charge in [0, 0.05) is 0 Å². The number of thioether (sulfide) groups is 1. The van der Waals surface area contributed by atoms with Gasteiger partial charge in [-0.2, -0.15) is 5.26 Å². The van der Waals surface area contributed by atoms with E-state index in [1.807, 2.05) is 24.3 Å². The summed E-state index contributed by atoms with van der Waals surface area (Å²) in [6.07, 6.45) is 1.65. The standard InChI is InChI=1S/C16H10N2O2S2/c17-9-11(7-10-5-6-13(19)14(20)8-10)21-16-18-12-3-1-2-4-15(12)22-16/h1-8,19-20H/b11-7+. The van der Waals surface area contributed by atoms with Crippen molar-refractivity contribution in [1.29, 1.82) is 5.26 Å². The lowest BCUT2D eigenvalue weighted by molar-refractivity contribution is 0.403. The van der Waals surface area contributed by atoms with E-state index in [0.717, 1.165) is 14.6 Å². The van der Waals surface area contributed by atoms with Crippen LogP contribution in [0.2, 0.25) is 0 Å². The largest absolute Gasteiger partial charge is 0.504 e. The highest BCUT2D eigenvalue weighted by atomic mass is 32.2. The lowest BCUT2D eigenvalue weighted by Crippen LogP contribution is -1.77. The summed E-state index contributed by atoms with van der Waals surface area (Å²) >= 11 is 2.81.